The number of hydrogen-bond donors (Lipinski definition) is 2. The summed E-state index contributed by atoms with van der Waals surface area (Å²) in [7, 11) is 0. The lowest BCUT2D eigenvalue weighted by Crippen LogP contribution is -2.23. The average molecular weight is 333 g/mol. The number of aliphatic hydroxyl groups excluding tert-OH is 1. The summed E-state index contributed by atoms with van der Waals surface area (Å²) in [5.74, 6) is 0. The Morgan fingerprint density at radius 2 is 1.94 bits per heavy atom. The van der Waals surface area contributed by atoms with Crippen molar-refractivity contribution in [2.45, 2.75) is 38.8 Å². The number of rotatable bonds is 6. The predicted octanol–water partition coefficient (Wildman–Crippen LogP) is 3.10. The molecule has 0 spiro atoms. The summed E-state index contributed by atoms with van der Waals surface area (Å²) in [5, 5.41) is 12.9. The second-order valence-electron chi connectivity index (χ2n) is 4.08. The number of aliphatic hydroxyl groups is 1. The molecule has 0 aliphatic carbocycles. The number of benzene rings is 1. The van der Waals surface area contributed by atoms with Crippen LogP contribution in [0.4, 0.5) is 0 Å². The summed E-state index contributed by atoms with van der Waals surface area (Å²) >= 11 is 2.31. The molecule has 16 heavy (non-hydrogen) atoms. The van der Waals surface area contributed by atoms with Crippen molar-refractivity contribution in [2.75, 3.05) is 6.54 Å². The van der Waals surface area contributed by atoms with Crippen molar-refractivity contribution in [3.63, 3.8) is 0 Å². The van der Waals surface area contributed by atoms with Gasteiger partial charge in [0.15, 0.2) is 0 Å². The van der Waals surface area contributed by atoms with Crippen molar-refractivity contribution in [1.82, 2.24) is 5.32 Å². The SMILES string of the molecule is CCC(O)CCNC(C)c1ccc(I)cc1. The maximum absolute atomic E-state index is 9.44. The summed E-state index contributed by atoms with van der Waals surface area (Å²) in [6.45, 7) is 5.02. The van der Waals surface area contributed by atoms with Gasteiger partial charge in [-0.1, -0.05) is 19.1 Å². The van der Waals surface area contributed by atoms with Gasteiger partial charge in [0.2, 0.25) is 0 Å². The molecule has 2 nitrogen and oxygen atoms in total. The molecule has 0 heterocycles. The van der Waals surface area contributed by atoms with Crippen LogP contribution in [0, 0.1) is 3.57 Å². The molecule has 2 atom stereocenters. The van der Waals surface area contributed by atoms with Gasteiger partial charge in [0.1, 0.15) is 0 Å². The van der Waals surface area contributed by atoms with Gasteiger partial charge < -0.3 is 10.4 Å². The molecule has 90 valence electrons. The van der Waals surface area contributed by atoms with Gasteiger partial charge in [0.05, 0.1) is 6.10 Å². The highest BCUT2D eigenvalue weighted by molar-refractivity contribution is 14.1. The number of nitrogens with one attached hydrogen (secondary N) is 1. The van der Waals surface area contributed by atoms with Crippen LogP contribution in [0.2, 0.25) is 0 Å². The second kappa shape index (κ2) is 7.25. The van der Waals surface area contributed by atoms with E-state index >= 15 is 0 Å². The molecule has 1 rings (SSSR count). The Morgan fingerprint density at radius 1 is 1.31 bits per heavy atom. The van der Waals surface area contributed by atoms with Crippen LogP contribution in [0.25, 0.3) is 0 Å². The van der Waals surface area contributed by atoms with E-state index < -0.39 is 0 Å². The Bertz CT molecular complexity index is 299. The normalized spacial score (nSPS) is 14.8. The van der Waals surface area contributed by atoms with Crippen LogP contribution in [-0.4, -0.2) is 17.8 Å². The third kappa shape index (κ3) is 4.80. The van der Waals surface area contributed by atoms with Crippen LogP contribution >= 0.6 is 22.6 Å². The molecule has 0 saturated heterocycles. The zero-order chi connectivity index (χ0) is 12.0. The highest BCUT2D eigenvalue weighted by Crippen LogP contribution is 2.14. The molecular weight excluding hydrogens is 313 g/mol. The third-order valence-electron chi connectivity index (χ3n) is 2.77. The van der Waals surface area contributed by atoms with Crippen molar-refractivity contribution in [1.29, 1.82) is 0 Å². The van der Waals surface area contributed by atoms with Crippen LogP contribution in [-0.2, 0) is 0 Å². The Balaban J connectivity index is 2.35. The van der Waals surface area contributed by atoms with Crippen molar-refractivity contribution >= 4 is 22.6 Å². The van der Waals surface area contributed by atoms with Crippen molar-refractivity contribution in [2.24, 2.45) is 0 Å². The molecule has 0 aliphatic heterocycles. The summed E-state index contributed by atoms with van der Waals surface area (Å²) < 4.78 is 1.26. The average Bonchev–Trinajstić information content (AvgIpc) is 2.29. The zero-order valence-electron chi connectivity index (χ0n) is 9.91. The molecule has 0 fully saturated rings. The topological polar surface area (TPSA) is 32.3 Å². The maximum Gasteiger partial charge on any atom is 0.0549 e. The van der Waals surface area contributed by atoms with E-state index in [0.717, 1.165) is 19.4 Å². The van der Waals surface area contributed by atoms with Crippen LogP contribution < -0.4 is 5.32 Å². The molecule has 0 radical (unpaired) electrons. The van der Waals surface area contributed by atoms with E-state index in [9.17, 15) is 5.11 Å². The fourth-order valence-electron chi connectivity index (χ4n) is 1.54. The van der Waals surface area contributed by atoms with Crippen molar-refractivity contribution in [3.8, 4) is 0 Å². The minimum Gasteiger partial charge on any atom is -0.393 e. The molecule has 0 amide bonds. The molecule has 0 bridgehead atoms. The molecule has 0 saturated carbocycles. The Labute approximate surface area is 112 Å². The fourth-order valence-corrected chi connectivity index (χ4v) is 1.90. The number of halogens is 1. The maximum atomic E-state index is 9.44. The van der Waals surface area contributed by atoms with Crippen LogP contribution in [0.5, 0.6) is 0 Å². The van der Waals surface area contributed by atoms with E-state index in [0.29, 0.717) is 6.04 Å². The molecular formula is C13H20INO. The van der Waals surface area contributed by atoms with Gasteiger partial charge >= 0.3 is 0 Å². The minimum atomic E-state index is -0.170. The molecule has 2 N–H and O–H groups in total. The minimum absolute atomic E-state index is 0.170. The van der Waals surface area contributed by atoms with E-state index in [4.69, 9.17) is 0 Å². The molecule has 0 aliphatic rings. The summed E-state index contributed by atoms with van der Waals surface area (Å²) in [6, 6.07) is 8.89. The molecule has 2 unspecified atom stereocenters. The summed E-state index contributed by atoms with van der Waals surface area (Å²) in [5.41, 5.74) is 1.30. The van der Waals surface area contributed by atoms with Gasteiger partial charge in [-0.25, -0.2) is 0 Å². The van der Waals surface area contributed by atoms with Gasteiger partial charge in [-0.15, -0.1) is 0 Å². The molecule has 1 aromatic rings. The second-order valence-corrected chi connectivity index (χ2v) is 5.32. The monoisotopic (exact) mass is 333 g/mol. The summed E-state index contributed by atoms with van der Waals surface area (Å²) in [6.07, 6.45) is 1.49. The van der Waals surface area contributed by atoms with Crippen LogP contribution in [0.3, 0.4) is 0 Å². The van der Waals surface area contributed by atoms with E-state index in [2.05, 4.69) is 59.1 Å². The largest absolute Gasteiger partial charge is 0.393 e. The lowest BCUT2D eigenvalue weighted by molar-refractivity contribution is 0.159. The summed E-state index contributed by atoms with van der Waals surface area (Å²) in [4.78, 5) is 0. The van der Waals surface area contributed by atoms with Gasteiger partial charge in [0.25, 0.3) is 0 Å². The van der Waals surface area contributed by atoms with Crippen molar-refractivity contribution in [3.05, 3.63) is 33.4 Å². The van der Waals surface area contributed by atoms with Gasteiger partial charge in [-0.2, -0.15) is 0 Å². The molecule has 0 aromatic heterocycles. The van der Waals surface area contributed by atoms with E-state index in [1.54, 1.807) is 0 Å². The first-order chi connectivity index (χ1) is 7.63. The fraction of sp³-hybridized carbons (Fsp3) is 0.538. The Morgan fingerprint density at radius 3 is 2.50 bits per heavy atom. The van der Waals surface area contributed by atoms with Gasteiger partial charge in [-0.05, 0) is 66.6 Å². The molecule has 3 heteroatoms. The van der Waals surface area contributed by atoms with E-state index in [-0.39, 0.29) is 6.10 Å². The van der Waals surface area contributed by atoms with Crippen LogP contribution in [0.15, 0.2) is 24.3 Å². The quantitative estimate of drug-likeness (QED) is 0.784. The highest BCUT2D eigenvalue weighted by atomic mass is 127. The highest BCUT2D eigenvalue weighted by Gasteiger charge is 2.05. The standard InChI is InChI=1S/C13H20INO/c1-3-13(16)8-9-15-10(2)11-4-6-12(14)7-5-11/h4-7,10,13,15-16H,3,8-9H2,1-2H3. The lowest BCUT2D eigenvalue weighted by atomic mass is 10.1. The predicted molar refractivity (Wildman–Crippen MR) is 76.5 cm³/mol. The first-order valence-electron chi connectivity index (χ1n) is 5.80. The van der Waals surface area contributed by atoms with Crippen LogP contribution in [0.1, 0.15) is 38.3 Å². The smallest absolute Gasteiger partial charge is 0.0549 e. The zero-order valence-corrected chi connectivity index (χ0v) is 12.1. The Kier molecular flexibility index (Phi) is 6.31. The van der Waals surface area contributed by atoms with Crippen molar-refractivity contribution < 1.29 is 5.11 Å². The molecule has 1 aromatic carbocycles. The first-order valence-corrected chi connectivity index (χ1v) is 6.88. The van der Waals surface area contributed by atoms with Gasteiger partial charge in [-0.3, -0.25) is 0 Å². The number of hydrogen-bond acceptors (Lipinski definition) is 2. The van der Waals surface area contributed by atoms with E-state index in [1.807, 2.05) is 6.92 Å². The lowest BCUT2D eigenvalue weighted by Gasteiger charge is -2.15. The van der Waals surface area contributed by atoms with Gasteiger partial charge in [0, 0.05) is 9.61 Å². The third-order valence-corrected chi connectivity index (χ3v) is 3.49. The first kappa shape index (κ1) is 13.9. The Hall–Kier alpha value is -0.130. The van der Waals surface area contributed by atoms with E-state index in [1.165, 1.54) is 9.13 Å².